The average Bonchev–Trinajstić information content (AvgIpc) is 2.48. The van der Waals surface area contributed by atoms with Gasteiger partial charge in [0.15, 0.2) is 0 Å². The van der Waals surface area contributed by atoms with Crippen LogP contribution >= 0.6 is 15.9 Å². The number of anilines is 1. The minimum atomic E-state index is 0.280. The molecule has 0 bridgehead atoms. The maximum Gasteiger partial charge on any atom is 0.142 e. The van der Waals surface area contributed by atoms with Crippen molar-refractivity contribution < 1.29 is 4.74 Å². The molecule has 0 radical (unpaired) electrons. The van der Waals surface area contributed by atoms with Crippen LogP contribution in [0.2, 0.25) is 0 Å². The van der Waals surface area contributed by atoms with Crippen molar-refractivity contribution in [2.45, 2.75) is 20.3 Å². The highest BCUT2D eigenvalue weighted by molar-refractivity contribution is 9.10. The van der Waals surface area contributed by atoms with Gasteiger partial charge in [0.2, 0.25) is 0 Å². The molecule has 0 spiro atoms. The third-order valence-corrected chi connectivity index (χ3v) is 4.08. The number of pyridine rings is 1. The molecule has 0 saturated heterocycles. The number of ether oxygens (including phenoxy) is 1. The molecule has 0 fully saturated rings. The van der Waals surface area contributed by atoms with Gasteiger partial charge in [-0.05, 0) is 52.5 Å². The lowest BCUT2D eigenvalue weighted by molar-refractivity contribution is 0.412. The summed E-state index contributed by atoms with van der Waals surface area (Å²) in [6.45, 7) is 3.99. The highest BCUT2D eigenvalue weighted by atomic mass is 79.9. The molecule has 108 valence electrons. The lowest BCUT2D eigenvalue weighted by atomic mass is 9.94. The molecule has 4 nitrogen and oxygen atoms in total. The third kappa shape index (κ3) is 2.72. The van der Waals surface area contributed by atoms with Gasteiger partial charge in [-0.1, -0.05) is 13.0 Å². The van der Waals surface area contributed by atoms with Crippen LogP contribution in [-0.2, 0) is 6.42 Å². The Kier molecular flexibility index (Phi) is 4.49. The van der Waals surface area contributed by atoms with E-state index in [1.165, 1.54) is 0 Å². The molecule has 0 unspecified atom stereocenters. The number of nitrogen functional groups attached to an aromatic ring is 1. The number of hydrogen-bond acceptors (Lipinski definition) is 4. The molecule has 2 rings (SSSR count). The van der Waals surface area contributed by atoms with Gasteiger partial charge >= 0.3 is 0 Å². The Labute approximate surface area is 132 Å². The molecule has 21 heavy (non-hydrogen) atoms. The fourth-order valence-electron chi connectivity index (χ4n) is 2.39. The first-order valence-electron chi connectivity index (χ1n) is 6.56. The molecular weight excluding hydrogens is 330 g/mol. The van der Waals surface area contributed by atoms with Gasteiger partial charge in [-0.3, -0.25) is 0 Å². The topological polar surface area (TPSA) is 71.9 Å². The molecule has 0 aliphatic rings. The Bertz CT molecular complexity index is 735. The molecule has 0 saturated carbocycles. The summed E-state index contributed by atoms with van der Waals surface area (Å²) in [7, 11) is 1.62. The molecular formula is C16H16BrN3O. The number of hydrogen-bond donors (Lipinski definition) is 1. The zero-order valence-electron chi connectivity index (χ0n) is 12.2. The second kappa shape index (κ2) is 6.15. The van der Waals surface area contributed by atoms with Crippen LogP contribution < -0.4 is 10.5 Å². The predicted octanol–water partition coefficient (Wildman–Crippen LogP) is 3.84. The smallest absolute Gasteiger partial charge is 0.142 e. The number of nitrogens with zero attached hydrogens (tertiary/aromatic N) is 2. The predicted molar refractivity (Wildman–Crippen MR) is 87.2 cm³/mol. The molecule has 1 aromatic heterocycles. The summed E-state index contributed by atoms with van der Waals surface area (Å²) in [5.74, 6) is 1.02. The Morgan fingerprint density at radius 1 is 1.43 bits per heavy atom. The first-order valence-corrected chi connectivity index (χ1v) is 7.35. The van der Waals surface area contributed by atoms with E-state index in [0.29, 0.717) is 5.56 Å². The van der Waals surface area contributed by atoms with E-state index in [1.807, 2.05) is 32.0 Å². The van der Waals surface area contributed by atoms with Crippen LogP contribution in [0, 0.1) is 18.3 Å². The maximum absolute atomic E-state index is 9.41. The highest BCUT2D eigenvalue weighted by Gasteiger charge is 2.17. The summed E-state index contributed by atoms with van der Waals surface area (Å²) in [4.78, 5) is 4.32. The third-order valence-electron chi connectivity index (χ3n) is 3.46. The summed E-state index contributed by atoms with van der Waals surface area (Å²) in [5.41, 5.74) is 10.0. The fourth-order valence-corrected chi connectivity index (χ4v) is 2.93. The quantitative estimate of drug-likeness (QED) is 0.916. The molecule has 0 aliphatic heterocycles. The zero-order valence-corrected chi connectivity index (χ0v) is 13.8. The van der Waals surface area contributed by atoms with Crippen LogP contribution in [0.5, 0.6) is 5.75 Å². The van der Waals surface area contributed by atoms with Crippen molar-refractivity contribution >= 4 is 21.7 Å². The standard InChI is InChI=1S/C16H16BrN3O/c1-4-13-9(2)15(11(8-18)16(19)20-13)10-5-6-14(21-3)12(17)7-10/h5-7H,4H2,1-3H3,(H2,19,20). The second-order valence-corrected chi connectivity index (χ2v) is 5.49. The second-order valence-electron chi connectivity index (χ2n) is 4.63. The first kappa shape index (κ1) is 15.3. The summed E-state index contributed by atoms with van der Waals surface area (Å²) in [5, 5.41) is 9.41. The van der Waals surface area contributed by atoms with E-state index in [2.05, 4.69) is 27.0 Å². The monoisotopic (exact) mass is 345 g/mol. The van der Waals surface area contributed by atoms with Crippen LogP contribution in [0.25, 0.3) is 11.1 Å². The van der Waals surface area contributed by atoms with Gasteiger partial charge in [0.25, 0.3) is 0 Å². The van der Waals surface area contributed by atoms with E-state index in [9.17, 15) is 5.26 Å². The van der Waals surface area contributed by atoms with Crippen molar-refractivity contribution in [1.29, 1.82) is 5.26 Å². The van der Waals surface area contributed by atoms with Crippen LogP contribution in [0.3, 0.4) is 0 Å². The lowest BCUT2D eigenvalue weighted by Gasteiger charge is -2.15. The number of benzene rings is 1. The lowest BCUT2D eigenvalue weighted by Crippen LogP contribution is -2.05. The first-order chi connectivity index (χ1) is 10.0. The van der Waals surface area contributed by atoms with E-state index in [0.717, 1.165) is 39.0 Å². The average molecular weight is 346 g/mol. The molecule has 1 heterocycles. The van der Waals surface area contributed by atoms with Crippen molar-refractivity contribution in [3.05, 3.63) is 39.5 Å². The minimum Gasteiger partial charge on any atom is -0.496 e. The maximum atomic E-state index is 9.41. The van der Waals surface area contributed by atoms with E-state index in [4.69, 9.17) is 10.5 Å². The molecule has 2 N–H and O–H groups in total. The highest BCUT2D eigenvalue weighted by Crippen LogP contribution is 2.36. The zero-order chi connectivity index (χ0) is 15.6. The van der Waals surface area contributed by atoms with Crippen LogP contribution in [0.15, 0.2) is 22.7 Å². The van der Waals surface area contributed by atoms with E-state index >= 15 is 0 Å². The molecule has 0 atom stereocenters. The van der Waals surface area contributed by atoms with Crippen molar-refractivity contribution in [2.24, 2.45) is 0 Å². The van der Waals surface area contributed by atoms with Crippen molar-refractivity contribution in [3.8, 4) is 22.9 Å². The number of rotatable bonds is 3. The van der Waals surface area contributed by atoms with Gasteiger partial charge in [0.1, 0.15) is 23.2 Å². The number of nitriles is 1. The van der Waals surface area contributed by atoms with Gasteiger partial charge in [0.05, 0.1) is 11.6 Å². The fraction of sp³-hybridized carbons (Fsp3) is 0.250. The number of aromatic nitrogens is 1. The van der Waals surface area contributed by atoms with Crippen LogP contribution in [0.4, 0.5) is 5.82 Å². The normalized spacial score (nSPS) is 10.2. The van der Waals surface area contributed by atoms with E-state index in [-0.39, 0.29) is 5.82 Å². The molecule has 1 aromatic carbocycles. The number of halogens is 1. The SMILES string of the molecule is CCc1nc(N)c(C#N)c(-c2ccc(OC)c(Br)c2)c1C. The van der Waals surface area contributed by atoms with E-state index in [1.54, 1.807) is 7.11 Å². The van der Waals surface area contributed by atoms with Gasteiger partial charge in [-0.15, -0.1) is 0 Å². The summed E-state index contributed by atoms with van der Waals surface area (Å²) < 4.78 is 6.07. The van der Waals surface area contributed by atoms with Crippen LogP contribution in [0.1, 0.15) is 23.7 Å². The molecule has 5 heteroatoms. The van der Waals surface area contributed by atoms with Gasteiger partial charge in [0, 0.05) is 11.3 Å². The summed E-state index contributed by atoms with van der Waals surface area (Å²) >= 11 is 3.47. The minimum absolute atomic E-state index is 0.280. The summed E-state index contributed by atoms with van der Waals surface area (Å²) in [6, 6.07) is 7.89. The Balaban J connectivity index is 2.76. The van der Waals surface area contributed by atoms with Gasteiger partial charge in [-0.25, -0.2) is 4.98 Å². The van der Waals surface area contributed by atoms with E-state index < -0.39 is 0 Å². The molecule has 0 aliphatic carbocycles. The van der Waals surface area contributed by atoms with Crippen molar-refractivity contribution in [1.82, 2.24) is 4.98 Å². The molecule has 0 amide bonds. The Morgan fingerprint density at radius 3 is 2.67 bits per heavy atom. The van der Waals surface area contributed by atoms with Gasteiger partial charge in [-0.2, -0.15) is 5.26 Å². The number of aryl methyl sites for hydroxylation is 1. The van der Waals surface area contributed by atoms with Crippen molar-refractivity contribution in [3.63, 3.8) is 0 Å². The Hall–Kier alpha value is -2.06. The van der Waals surface area contributed by atoms with Crippen LogP contribution in [-0.4, -0.2) is 12.1 Å². The molecule has 2 aromatic rings. The number of nitrogens with two attached hydrogens (primary N) is 1. The Morgan fingerprint density at radius 2 is 2.14 bits per heavy atom. The summed E-state index contributed by atoms with van der Waals surface area (Å²) in [6.07, 6.45) is 0.770. The number of methoxy groups -OCH3 is 1. The van der Waals surface area contributed by atoms with Crippen molar-refractivity contribution in [2.75, 3.05) is 12.8 Å². The van der Waals surface area contributed by atoms with Gasteiger partial charge < -0.3 is 10.5 Å². The largest absolute Gasteiger partial charge is 0.496 e.